The number of ether oxygens (including phenoxy) is 1. The minimum atomic E-state index is -0.454. The SMILES string of the molecule is COc1ccc(Cc2nn(CC(N)=O)c3c2C(=O)CCC3)cc1. The Hall–Kier alpha value is -2.63. The molecule has 0 fully saturated rings. The summed E-state index contributed by atoms with van der Waals surface area (Å²) in [6.45, 7) is 0.0121. The van der Waals surface area contributed by atoms with Gasteiger partial charge in [-0.3, -0.25) is 14.3 Å². The van der Waals surface area contributed by atoms with Crippen molar-refractivity contribution >= 4 is 11.7 Å². The Labute approximate surface area is 134 Å². The van der Waals surface area contributed by atoms with Crippen LogP contribution in [0.2, 0.25) is 0 Å². The number of hydrogen-bond donors (Lipinski definition) is 1. The van der Waals surface area contributed by atoms with Crippen LogP contribution in [0.4, 0.5) is 0 Å². The van der Waals surface area contributed by atoms with Crippen molar-refractivity contribution in [3.8, 4) is 5.75 Å². The third-order valence-corrected chi connectivity index (χ3v) is 4.06. The highest BCUT2D eigenvalue weighted by Gasteiger charge is 2.27. The first-order valence-electron chi connectivity index (χ1n) is 7.61. The summed E-state index contributed by atoms with van der Waals surface area (Å²) < 4.78 is 6.74. The molecule has 6 nitrogen and oxygen atoms in total. The van der Waals surface area contributed by atoms with Gasteiger partial charge in [-0.25, -0.2) is 0 Å². The first-order valence-corrected chi connectivity index (χ1v) is 7.61. The highest BCUT2D eigenvalue weighted by Crippen LogP contribution is 2.26. The van der Waals surface area contributed by atoms with Crippen LogP contribution in [0.25, 0.3) is 0 Å². The van der Waals surface area contributed by atoms with E-state index in [0.717, 1.165) is 35.5 Å². The lowest BCUT2D eigenvalue weighted by molar-refractivity contribution is -0.118. The topological polar surface area (TPSA) is 87.2 Å². The normalized spacial score (nSPS) is 13.7. The molecule has 6 heteroatoms. The number of ketones is 1. The van der Waals surface area contributed by atoms with E-state index in [-0.39, 0.29) is 12.3 Å². The summed E-state index contributed by atoms with van der Waals surface area (Å²) in [5.41, 5.74) is 8.55. The fourth-order valence-corrected chi connectivity index (χ4v) is 3.01. The third-order valence-electron chi connectivity index (χ3n) is 4.06. The van der Waals surface area contributed by atoms with E-state index >= 15 is 0 Å². The van der Waals surface area contributed by atoms with Crippen LogP contribution in [-0.4, -0.2) is 28.6 Å². The highest BCUT2D eigenvalue weighted by molar-refractivity contribution is 5.99. The third kappa shape index (κ3) is 3.11. The molecule has 0 atom stereocenters. The molecule has 1 amide bonds. The molecule has 1 heterocycles. The van der Waals surface area contributed by atoms with E-state index in [2.05, 4.69) is 5.10 Å². The number of hydrogen-bond acceptors (Lipinski definition) is 4. The smallest absolute Gasteiger partial charge is 0.239 e. The van der Waals surface area contributed by atoms with E-state index < -0.39 is 5.91 Å². The molecule has 1 aliphatic rings. The van der Waals surface area contributed by atoms with Crippen LogP contribution >= 0.6 is 0 Å². The van der Waals surface area contributed by atoms with Crippen LogP contribution in [0.3, 0.4) is 0 Å². The van der Waals surface area contributed by atoms with Crippen molar-refractivity contribution in [1.29, 1.82) is 0 Å². The van der Waals surface area contributed by atoms with E-state index in [4.69, 9.17) is 10.5 Å². The molecular weight excluding hydrogens is 294 g/mol. The molecule has 23 heavy (non-hydrogen) atoms. The number of methoxy groups -OCH3 is 1. The molecule has 0 saturated carbocycles. The predicted molar refractivity (Wildman–Crippen MR) is 84.5 cm³/mol. The number of aromatic nitrogens is 2. The van der Waals surface area contributed by atoms with E-state index in [0.29, 0.717) is 18.4 Å². The monoisotopic (exact) mass is 313 g/mol. The number of nitrogens with zero attached hydrogens (tertiary/aromatic N) is 2. The number of carbonyl (C=O) groups excluding carboxylic acids is 2. The average molecular weight is 313 g/mol. The molecule has 120 valence electrons. The fourth-order valence-electron chi connectivity index (χ4n) is 3.01. The molecule has 2 aromatic rings. The van der Waals surface area contributed by atoms with Gasteiger partial charge in [0.1, 0.15) is 12.3 Å². The molecule has 1 aromatic heterocycles. The minimum Gasteiger partial charge on any atom is -0.497 e. The van der Waals surface area contributed by atoms with Gasteiger partial charge in [0, 0.05) is 12.8 Å². The quantitative estimate of drug-likeness (QED) is 0.906. The fraction of sp³-hybridized carbons (Fsp3) is 0.353. The molecule has 1 aromatic carbocycles. The lowest BCUT2D eigenvalue weighted by Gasteiger charge is -2.12. The zero-order valence-electron chi connectivity index (χ0n) is 13.0. The summed E-state index contributed by atoms with van der Waals surface area (Å²) in [6, 6.07) is 7.66. The van der Waals surface area contributed by atoms with Gasteiger partial charge < -0.3 is 10.5 Å². The summed E-state index contributed by atoms with van der Waals surface area (Å²) in [5, 5.41) is 4.48. The van der Waals surface area contributed by atoms with Gasteiger partial charge in [0.15, 0.2) is 5.78 Å². The molecule has 0 bridgehead atoms. The minimum absolute atomic E-state index is 0.0121. The van der Waals surface area contributed by atoms with Gasteiger partial charge >= 0.3 is 0 Å². The molecule has 0 spiro atoms. The Morgan fingerprint density at radius 1 is 1.30 bits per heavy atom. The van der Waals surface area contributed by atoms with Crippen molar-refractivity contribution in [2.75, 3.05) is 7.11 Å². The van der Waals surface area contributed by atoms with Crippen LogP contribution in [0.15, 0.2) is 24.3 Å². The zero-order valence-corrected chi connectivity index (χ0v) is 13.0. The number of primary amides is 1. The summed E-state index contributed by atoms with van der Waals surface area (Å²) in [6.07, 6.45) is 2.62. The van der Waals surface area contributed by atoms with Crippen molar-refractivity contribution in [1.82, 2.24) is 9.78 Å². The number of nitrogens with two attached hydrogens (primary N) is 1. The molecular formula is C17H19N3O3. The maximum atomic E-state index is 12.3. The zero-order chi connectivity index (χ0) is 16.4. The second-order valence-corrected chi connectivity index (χ2v) is 5.69. The van der Waals surface area contributed by atoms with Gasteiger partial charge in [0.2, 0.25) is 5.91 Å². The molecule has 0 unspecified atom stereocenters. The first-order chi connectivity index (χ1) is 11.1. The number of rotatable bonds is 5. The lowest BCUT2D eigenvalue weighted by Crippen LogP contribution is -2.22. The average Bonchev–Trinajstić information content (AvgIpc) is 2.86. The molecule has 0 aliphatic heterocycles. The van der Waals surface area contributed by atoms with E-state index in [9.17, 15) is 9.59 Å². The van der Waals surface area contributed by atoms with Crippen molar-refractivity contribution in [3.05, 3.63) is 46.8 Å². The van der Waals surface area contributed by atoms with E-state index in [1.54, 1.807) is 11.8 Å². The Morgan fingerprint density at radius 2 is 2.04 bits per heavy atom. The van der Waals surface area contributed by atoms with Crippen LogP contribution in [-0.2, 0) is 24.2 Å². The van der Waals surface area contributed by atoms with Crippen molar-refractivity contribution in [2.45, 2.75) is 32.2 Å². The lowest BCUT2D eigenvalue weighted by atomic mass is 9.92. The molecule has 0 radical (unpaired) electrons. The Morgan fingerprint density at radius 3 is 2.70 bits per heavy atom. The molecule has 1 aliphatic carbocycles. The number of carbonyl (C=O) groups is 2. The Kier molecular flexibility index (Phi) is 4.14. The van der Waals surface area contributed by atoms with Crippen molar-refractivity contribution in [2.24, 2.45) is 5.73 Å². The number of fused-ring (bicyclic) bond motifs is 1. The summed E-state index contributed by atoms with van der Waals surface area (Å²) in [4.78, 5) is 23.5. The van der Waals surface area contributed by atoms with Crippen LogP contribution in [0.1, 0.15) is 40.2 Å². The van der Waals surface area contributed by atoms with Gasteiger partial charge in [-0.2, -0.15) is 5.10 Å². The van der Waals surface area contributed by atoms with Gasteiger partial charge in [-0.1, -0.05) is 12.1 Å². The number of amides is 1. The van der Waals surface area contributed by atoms with E-state index in [1.165, 1.54) is 0 Å². The van der Waals surface area contributed by atoms with Gasteiger partial charge in [0.25, 0.3) is 0 Å². The van der Waals surface area contributed by atoms with E-state index in [1.807, 2.05) is 24.3 Å². The second kappa shape index (κ2) is 6.24. The molecule has 0 saturated heterocycles. The van der Waals surface area contributed by atoms with Gasteiger partial charge in [-0.15, -0.1) is 0 Å². The molecule has 2 N–H and O–H groups in total. The second-order valence-electron chi connectivity index (χ2n) is 5.69. The Bertz CT molecular complexity index is 747. The van der Waals surface area contributed by atoms with Crippen LogP contribution in [0, 0.1) is 0 Å². The van der Waals surface area contributed by atoms with Crippen LogP contribution < -0.4 is 10.5 Å². The largest absolute Gasteiger partial charge is 0.497 e. The number of Topliss-reactive ketones (excluding diaryl/α,β-unsaturated/α-hetero) is 1. The van der Waals surface area contributed by atoms with Crippen molar-refractivity contribution < 1.29 is 14.3 Å². The maximum absolute atomic E-state index is 12.3. The maximum Gasteiger partial charge on any atom is 0.239 e. The molecule has 3 rings (SSSR count). The standard InChI is InChI=1S/C17H19N3O3/c1-23-12-7-5-11(6-8-12)9-13-17-14(3-2-4-15(17)21)20(19-13)10-16(18)22/h5-8H,2-4,9-10H2,1H3,(H2,18,22). The number of benzene rings is 1. The van der Waals surface area contributed by atoms with Gasteiger partial charge in [0.05, 0.1) is 24.1 Å². The van der Waals surface area contributed by atoms with Gasteiger partial charge in [-0.05, 0) is 30.5 Å². The highest BCUT2D eigenvalue weighted by atomic mass is 16.5. The first kappa shape index (κ1) is 15.3. The summed E-state index contributed by atoms with van der Waals surface area (Å²) >= 11 is 0. The van der Waals surface area contributed by atoms with Crippen molar-refractivity contribution in [3.63, 3.8) is 0 Å². The summed E-state index contributed by atoms with van der Waals surface area (Å²) in [5.74, 6) is 0.431. The summed E-state index contributed by atoms with van der Waals surface area (Å²) in [7, 11) is 1.62. The van der Waals surface area contributed by atoms with Crippen LogP contribution in [0.5, 0.6) is 5.75 Å². The Balaban J connectivity index is 1.95. The predicted octanol–water partition coefficient (Wildman–Crippen LogP) is 1.49.